The molecule has 1 atom stereocenters. The summed E-state index contributed by atoms with van der Waals surface area (Å²) >= 11 is 12.6. The van der Waals surface area contributed by atoms with Crippen molar-refractivity contribution in [3.8, 4) is 11.3 Å². The fourth-order valence-electron chi connectivity index (χ4n) is 5.32. The molecule has 2 fully saturated rings. The molecule has 2 heterocycles. The zero-order chi connectivity index (χ0) is 27.9. The van der Waals surface area contributed by atoms with Crippen molar-refractivity contribution in [2.75, 3.05) is 43.8 Å². The topological polar surface area (TPSA) is 105 Å². The number of nitrogen functional groups attached to an aromatic ring is 1. The second-order valence-corrected chi connectivity index (χ2v) is 11.4. The molecule has 0 spiro atoms. The minimum Gasteiger partial charge on any atom is -0.462 e. The Balaban J connectivity index is 1.21. The first-order chi connectivity index (χ1) is 19.5. The van der Waals surface area contributed by atoms with Gasteiger partial charge in [0.15, 0.2) is 11.6 Å². The number of ether oxygens (including phenoxy) is 1. The standard InChI is InChI=1S/C30H36Cl2N6O2/c31-25-9-4-10-26(32)24(25)17-36-29-28(33)35-18-27(37-29)21-6-3-5-20(15-21)11-13-38-14-12-34-16-22(19-38)30(39)40-23-7-1-2-8-23/h3-6,9-10,15,18,22-23,34H,1-2,7-8,11-14,16-17,19H2,(H2,33,35)(H,36,37). The van der Waals surface area contributed by atoms with Gasteiger partial charge in [0.25, 0.3) is 0 Å². The van der Waals surface area contributed by atoms with Crippen molar-refractivity contribution in [3.63, 3.8) is 0 Å². The number of anilines is 2. The van der Waals surface area contributed by atoms with E-state index in [4.69, 9.17) is 38.7 Å². The van der Waals surface area contributed by atoms with Gasteiger partial charge in [-0.2, -0.15) is 0 Å². The molecule has 1 saturated heterocycles. The first-order valence-electron chi connectivity index (χ1n) is 14.0. The molecule has 1 saturated carbocycles. The highest BCUT2D eigenvalue weighted by Crippen LogP contribution is 2.27. The minimum atomic E-state index is -0.133. The Morgan fingerprint density at radius 2 is 1.93 bits per heavy atom. The molecule has 0 amide bonds. The minimum absolute atomic E-state index is 0.0588. The summed E-state index contributed by atoms with van der Waals surface area (Å²) in [6.45, 7) is 4.39. The van der Waals surface area contributed by atoms with Gasteiger partial charge >= 0.3 is 5.97 Å². The molecule has 1 aliphatic carbocycles. The predicted molar refractivity (Wildman–Crippen MR) is 161 cm³/mol. The van der Waals surface area contributed by atoms with Gasteiger partial charge in [-0.3, -0.25) is 4.79 Å². The maximum absolute atomic E-state index is 12.8. The van der Waals surface area contributed by atoms with E-state index in [1.165, 1.54) is 5.56 Å². The quantitative estimate of drug-likeness (QED) is 0.296. The van der Waals surface area contributed by atoms with Gasteiger partial charge in [0, 0.05) is 60.4 Å². The average Bonchev–Trinajstić information content (AvgIpc) is 3.34. The molecular formula is C30H36Cl2N6O2. The number of hydrogen-bond acceptors (Lipinski definition) is 8. The number of nitrogens with two attached hydrogens (primary N) is 1. The second-order valence-electron chi connectivity index (χ2n) is 10.5. The zero-order valence-electron chi connectivity index (χ0n) is 22.5. The van der Waals surface area contributed by atoms with Crippen LogP contribution in [0.15, 0.2) is 48.7 Å². The summed E-state index contributed by atoms with van der Waals surface area (Å²) in [4.78, 5) is 24.3. The summed E-state index contributed by atoms with van der Waals surface area (Å²) in [5.74, 6) is 0.591. The number of rotatable bonds is 9. The van der Waals surface area contributed by atoms with E-state index in [2.05, 4.69) is 32.7 Å². The molecule has 0 bridgehead atoms. The maximum Gasteiger partial charge on any atom is 0.311 e. The molecule has 0 radical (unpaired) electrons. The van der Waals surface area contributed by atoms with E-state index in [1.807, 2.05) is 18.2 Å². The Kier molecular flexibility index (Phi) is 9.75. The Morgan fingerprint density at radius 3 is 2.73 bits per heavy atom. The van der Waals surface area contributed by atoms with Crippen molar-refractivity contribution in [2.45, 2.75) is 44.8 Å². The Labute approximate surface area is 245 Å². The van der Waals surface area contributed by atoms with E-state index < -0.39 is 0 Å². The fraction of sp³-hybridized carbons (Fsp3) is 0.433. The third kappa shape index (κ3) is 7.43. The number of nitrogens with one attached hydrogen (secondary N) is 2. The van der Waals surface area contributed by atoms with Crippen LogP contribution in [-0.2, 0) is 22.5 Å². The number of halogens is 2. The first-order valence-corrected chi connectivity index (χ1v) is 14.7. The van der Waals surface area contributed by atoms with Crippen LogP contribution in [0, 0.1) is 5.92 Å². The van der Waals surface area contributed by atoms with Gasteiger partial charge in [-0.05, 0) is 55.9 Å². The van der Waals surface area contributed by atoms with Gasteiger partial charge in [-0.1, -0.05) is 47.5 Å². The van der Waals surface area contributed by atoms with Crippen LogP contribution >= 0.6 is 23.2 Å². The average molecular weight is 584 g/mol. The number of aromatic nitrogens is 2. The zero-order valence-corrected chi connectivity index (χ0v) is 24.1. The van der Waals surface area contributed by atoms with Gasteiger partial charge in [0.1, 0.15) is 6.10 Å². The van der Waals surface area contributed by atoms with Crippen molar-refractivity contribution in [1.82, 2.24) is 20.2 Å². The van der Waals surface area contributed by atoms with E-state index in [1.54, 1.807) is 18.3 Å². The number of benzene rings is 2. The van der Waals surface area contributed by atoms with E-state index in [0.29, 0.717) is 41.3 Å². The fourth-order valence-corrected chi connectivity index (χ4v) is 5.85. The molecule has 8 nitrogen and oxygen atoms in total. The van der Waals surface area contributed by atoms with Crippen LogP contribution in [0.5, 0.6) is 0 Å². The molecular weight excluding hydrogens is 547 g/mol. The Morgan fingerprint density at radius 1 is 1.15 bits per heavy atom. The maximum atomic E-state index is 12.8. The van der Waals surface area contributed by atoms with Crippen molar-refractivity contribution in [3.05, 3.63) is 69.8 Å². The van der Waals surface area contributed by atoms with Crippen LogP contribution in [0.1, 0.15) is 36.8 Å². The third-order valence-electron chi connectivity index (χ3n) is 7.63. The SMILES string of the molecule is Nc1ncc(-c2cccc(CCN3CCNCC(C(=O)OC4CCCC4)C3)c2)nc1NCc1c(Cl)cccc1Cl. The highest BCUT2D eigenvalue weighted by molar-refractivity contribution is 6.36. The predicted octanol–water partition coefficient (Wildman–Crippen LogP) is 5.19. The number of esters is 1. The summed E-state index contributed by atoms with van der Waals surface area (Å²) < 4.78 is 5.81. The first kappa shape index (κ1) is 28.6. The van der Waals surface area contributed by atoms with Gasteiger partial charge in [-0.25, -0.2) is 9.97 Å². The van der Waals surface area contributed by atoms with Crippen LogP contribution in [0.3, 0.4) is 0 Å². The molecule has 2 aliphatic rings. The monoisotopic (exact) mass is 582 g/mol. The Bertz CT molecular complexity index is 1300. The van der Waals surface area contributed by atoms with E-state index in [0.717, 1.165) is 68.6 Å². The van der Waals surface area contributed by atoms with Crippen LogP contribution in [-0.4, -0.2) is 59.7 Å². The molecule has 1 aliphatic heterocycles. The van der Waals surface area contributed by atoms with Gasteiger partial charge < -0.3 is 26.0 Å². The second kappa shape index (κ2) is 13.6. The van der Waals surface area contributed by atoms with E-state index in [9.17, 15) is 4.79 Å². The van der Waals surface area contributed by atoms with Crippen molar-refractivity contribution in [2.24, 2.45) is 5.92 Å². The number of carbonyl (C=O) groups is 1. The molecule has 1 unspecified atom stereocenters. The lowest BCUT2D eigenvalue weighted by Crippen LogP contribution is -2.37. The Hall–Kier alpha value is -2.91. The lowest BCUT2D eigenvalue weighted by molar-refractivity contribution is -0.154. The summed E-state index contributed by atoms with van der Waals surface area (Å²) in [6, 6.07) is 13.7. The van der Waals surface area contributed by atoms with Crippen molar-refractivity contribution < 1.29 is 9.53 Å². The lowest BCUT2D eigenvalue weighted by Gasteiger charge is -2.24. The summed E-state index contributed by atoms with van der Waals surface area (Å²) in [5, 5.41) is 7.79. The molecule has 2 aromatic carbocycles. The molecule has 40 heavy (non-hydrogen) atoms. The lowest BCUT2D eigenvalue weighted by atomic mass is 10.1. The summed E-state index contributed by atoms with van der Waals surface area (Å²) in [5.41, 5.74) is 9.76. The normalized spacial score (nSPS) is 18.4. The summed E-state index contributed by atoms with van der Waals surface area (Å²) in [6.07, 6.45) is 6.95. The van der Waals surface area contributed by atoms with Crippen molar-refractivity contribution in [1.29, 1.82) is 0 Å². The highest BCUT2D eigenvalue weighted by atomic mass is 35.5. The van der Waals surface area contributed by atoms with Crippen LogP contribution in [0.25, 0.3) is 11.3 Å². The van der Waals surface area contributed by atoms with Gasteiger partial charge in [0.2, 0.25) is 0 Å². The molecule has 4 N–H and O–H groups in total. The largest absolute Gasteiger partial charge is 0.462 e. The van der Waals surface area contributed by atoms with Crippen LogP contribution in [0.2, 0.25) is 10.0 Å². The number of carbonyl (C=O) groups excluding carboxylic acids is 1. The molecule has 3 aromatic rings. The van der Waals surface area contributed by atoms with Crippen LogP contribution < -0.4 is 16.4 Å². The molecule has 5 rings (SSSR count). The molecule has 10 heteroatoms. The summed E-state index contributed by atoms with van der Waals surface area (Å²) in [7, 11) is 0. The highest BCUT2D eigenvalue weighted by Gasteiger charge is 2.28. The third-order valence-corrected chi connectivity index (χ3v) is 8.34. The number of nitrogens with zero attached hydrogens (tertiary/aromatic N) is 3. The van der Waals surface area contributed by atoms with Gasteiger partial charge in [-0.15, -0.1) is 0 Å². The molecule has 1 aromatic heterocycles. The molecule has 212 valence electrons. The smallest absolute Gasteiger partial charge is 0.311 e. The van der Waals surface area contributed by atoms with Crippen molar-refractivity contribution >= 4 is 40.8 Å². The van der Waals surface area contributed by atoms with Gasteiger partial charge in [0.05, 0.1) is 17.8 Å². The van der Waals surface area contributed by atoms with E-state index in [-0.39, 0.29) is 18.0 Å². The number of hydrogen-bond donors (Lipinski definition) is 3. The van der Waals surface area contributed by atoms with E-state index >= 15 is 0 Å². The van der Waals surface area contributed by atoms with Crippen LogP contribution in [0.4, 0.5) is 11.6 Å².